The summed E-state index contributed by atoms with van der Waals surface area (Å²) in [6, 6.07) is 3.51. The van der Waals surface area contributed by atoms with Crippen molar-refractivity contribution in [2.24, 2.45) is 0 Å². The normalized spacial score (nSPS) is 11.4. The minimum absolute atomic E-state index is 0.168. The van der Waals surface area contributed by atoms with E-state index in [1.165, 1.54) is 6.07 Å². The molecule has 0 amide bonds. The number of nitrogens with two attached hydrogens (primary N) is 1. The molecular formula is C12H19N3O4S. The molecule has 0 spiro atoms. The van der Waals surface area contributed by atoms with Crippen molar-refractivity contribution in [3.05, 3.63) is 28.3 Å². The van der Waals surface area contributed by atoms with E-state index in [0.29, 0.717) is 6.42 Å². The van der Waals surface area contributed by atoms with Crippen LogP contribution < -0.4 is 10.5 Å². The minimum Gasteiger partial charge on any atom is -0.399 e. The summed E-state index contributed by atoms with van der Waals surface area (Å²) < 4.78 is 26.5. The van der Waals surface area contributed by atoms with Crippen LogP contribution in [-0.4, -0.2) is 19.9 Å². The van der Waals surface area contributed by atoms with E-state index in [1.54, 1.807) is 0 Å². The zero-order valence-electron chi connectivity index (χ0n) is 11.3. The number of benzene rings is 1. The van der Waals surface area contributed by atoms with E-state index < -0.39 is 25.5 Å². The molecule has 0 aromatic heterocycles. The molecule has 112 valence electrons. The van der Waals surface area contributed by atoms with Crippen molar-refractivity contribution in [2.45, 2.75) is 37.5 Å². The fourth-order valence-corrected chi connectivity index (χ4v) is 3.01. The molecule has 3 N–H and O–H groups in total. The van der Waals surface area contributed by atoms with Crippen molar-refractivity contribution in [1.29, 1.82) is 0 Å². The first-order valence-electron chi connectivity index (χ1n) is 6.42. The third-order valence-electron chi connectivity index (χ3n) is 2.79. The van der Waals surface area contributed by atoms with Crippen molar-refractivity contribution in [1.82, 2.24) is 4.72 Å². The Labute approximate surface area is 118 Å². The van der Waals surface area contributed by atoms with Crippen LogP contribution in [0.2, 0.25) is 0 Å². The number of sulfonamides is 1. The molecule has 1 rings (SSSR count). The van der Waals surface area contributed by atoms with E-state index in [1.807, 2.05) is 0 Å². The van der Waals surface area contributed by atoms with Crippen LogP contribution >= 0.6 is 0 Å². The number of nitrogen functional groups attached to an aromatic ring is 1. The van der Waals surface area contributed by atoms with Crippen LogP contribution in [0.15, 0.2) is 23.1 Å². The molecule has 0 radical (unpaired) electrons. The maximum absolute atomic E-state index is 12.1. The van der Waals surface area contributed by atoms with Crippen LogP contribution in [0.25, 0.3) is 0 Å². The lowest BCUT2D eigenvalue weighted by Crippen LogP contribution is -2.25. The van der Waals surface area contributed by atoms with Gasteiger partial charge in [0.15, 0.2) is 4.90 Å². The van der Waals surface area contributed by atoms with Gasteiger partial charge in [-0.3, -0.25) is 10.1 Å². The molecule has 0 atom stereocenters. The number of nitro benzene ring substituents is 1. The zero-order valence-corrected chi connectivity index (χ0v) is 12.1. The van der Waals surface area contributed by atoms with Gasteiger partial charge in [0.25, 0.3) is 5.69 Å². The van der Waals surface area contributed by atoms with Crippen molar-refractivity contribution in [3.8, 4) is 0 Å². The highest BCUT2D eigenvalue weighted by Crippen LogP contribution is 2.25. The first-order valence-corrected chi connectivity index (χ1v) is 7.90. The van der Waals surface area contributed by atoms with Gasteiger partial charge in [0.1, 0.15) is 0 Å². The summed E-state index contributed by atoms with van der Waals surface area (Å²) in [7, 11) is -3.92. The van der Waals surface area contributed by atoms with Gasteiger partial charge in [-0.2, -0.15) is 0 Å². The Balaban J connectivity index is 2.86. The fraction of sp³-hybridized carbons (Fsp3) is 0.500. The molecule has 0 heterocycles. The zero-order chi connectivity index (χ0) is 15.2. The molecule has 7 nitrogen and oxygen atoms in total. The SMILES string of the molecule is CCCCCCNS(=O)(=O)c1cc(N)ccc1[N+](=O)[O-]. The molecule has 0 aliphatic carbocycles. The van der Waals surface area contributed by atoms with Crippen LogP contribution in [0.3, 0.4) is 0 Å². The van der Waals surface area contributed by atoms with Crippen LogP contribution in [0.1, 0.15) is 32.6 Å². The highest BCUT2D eigenvalue weighted by Gasteiger charge is 2.25. The summed E-state index contributed by atoms with van der Waals surface area (Å²) >= 11 is 0. The van der Waals surface area contributed by atoms with E-state index in [4.69, 9.17) is 5.73 Å². The van der Waals surface area contributed by atoms with E-state index >= 15 is 0 Å². The van der Waals surface area contributed by atoms with Crippen molar-refractivity contribution in [3.63, 3.8) is 0 Å². The summed E-state index contributed by atoms with van der Waals surface area (Å²) in [5.74, 6) is 0. The first-order chi connectivity index (χ1) is 9.38. The molecule has 1 aromatic carbocycles. The number of nitrogens with one attached hydrogen (secondary N) is 1. The Hall–Kier alpha value is -1.67. The Morgan fingerprint density at radius 2 is 2.00 bits per heavy atom. The summed E-state index contributed by atoms with van der Waals surface area (Å²) in [4.78, 5) is 9.75. The van der Waals surface area contributed by atoms with Crippen LogP contribution in [0.5, 0.6) is 0 Å². The van der Waals surface area contributed by atoms with E-state index in [0.717, 1.165) is 31.4 Å². The number of hydrogen-bond acceptors (Lipinski definition) is 5. The Morgan fingerprint density at radius 3 is 2.60 bits per heavy atom. The average Bonchev–Trinajstić information content (AvgIpc) is 2.38. The molecule has 0 fully saturated rings. The quantitative estimate of drug-likeness (QED) is 0.330. The standard InChI is InChI=1S/C12H19N3O4S/c1-2-3-4-5-8-14-20(18,19)12-9-10(13)6-7-11(12)15(16)17/h6-7,9,14H,2-5,8,13H2,1H3. The highest BCUT2D eigenvalue weighted by atomic mass is 32.2. The van der Waals surface area contributed by atoms with Crippen molar-refractivity contribution in [2.75, 3.05) is 12.3 Å². The van der Waals surface area contributed by atoms with E-state index in [9.17, 15) is 18.5 Å². The number of hydrogen-bond donors (Lipinski definition) is 2. The molecule has 0 saturated carbocycles. The lowest BCUT2D eigenvalue weighted by Gasteiger charge is -2.08. The van der Waals surface area contributed by atoms with Crippen LogP contribution in [0, 0.1) is 10.1 Å². The van der Waals surface area contributed by atoms with Crippen LogP contribution in [0.4, 0.5) is 11.4 Å². The average molecular weight is 301 g/mol. The number of unbranched alkanes of at least 4 members (excludes halogenated alkanes) is 3. The van der Waals surface area contributed by atoms with Gasteiger partial charge in [0, 0.05) is 18.3 Å². The maximum atomic E-state index is 12.1. The van der Waals surface area contributed by atoms with Gasteiger partial charge >= 0.3 is 0 Å². The fourth-order valence-electron chi connectivity index (χ4n) is 1.73. The minimum atomic E-state index is -3.92. The molecule has 0 aliphatic rings. The highest BCUT2D eigenvalue weighted by molar-refractivity contribution is 7.89. The second-order valence-corrected chi connectivity index (χ2v) is 6.18. The van der Waals surface area contributed by atoms with Gasteiger partial charge in [-0.25, -0.2) is 13.1 Å². The van der Waals surface area contributed by atoms with Gasteiger partial charge in [0.05, 0.1) is 4.92 Å². The van der Waals surface area contributed by atoms with Gasteiger partial charge in [-0.15, -0.1) is 0 Å². The largest absolute Gasteiger partial charge is 0.399 e. The topological polar surface area (TPSA) is 115 Å². The smallest absolute Gasteiger partial charge is 0.289 e. The summed E-state index contributed by atoms with van der Waals surface area (Å²) in [6.07, 6.45) is 3.69. The van der Waals surface area contributed by atoms with Crippen molar-refractivity contribution >= 4 is 21.4 Å². The third kappa shape index (κ3) is 4.46. The number of nitrogens with zero attached hydrogens (tertiary/aromatic N) is 1. The summed E-state index contributed by atoms with van der Waals surface area (Å²) in [5.41, 5.74) is 5.20. The van der Waals surface area contributed by atoms with Crippen molar-refractivity contribution < 1.29 is 13.3 Å². The van der Waals surface area contributed by atoms with Gasteiger partial charge in [-0.05, 0) is 18.6 Å². The molecule has 0 saturated heterocycles. The number of anilines is 1. The molecule has 0 bridgehead atoms. The second kappa shape index (κ2) is 7.20. The summed E-state index contributed by atoms with van der Waals surface area (Å²) in [5, 5.41) is 10.9. The summed E-state index contributed by atoms with van der Waals surface area (Å²) in [6.45, 7) is 2.31. The monoisotopic (exact) mass is 301 g/mol. The third-order valence-corrected chi connectivity index (χ3v) is 4.28. The first kappa shape index (κ1) is 16.4. The molecule has 1 aromatic rings. The lowest BCUT2D eigenvalue weighted by molar-refractivity contribution is -0.387. The van der Waals surface area contributed by atoms with E-state index in [-0.39, 0.29) is 12.2 Å². The molecule has 0 aliphatic heterocycles. The Morgan fingerprint density at radius 1 is 1.30 bits per heavy atom. The molecule has 8 heteroatoms. The van der Waals surface area contributed by atoms with Gasteiger partial charge in [0.2, 0.25) is 10.0 Å². The Bertz CT molecular complexity index is 572. The Kier molecular flexibility index (Phi) is 5.90. The number of nitro groups is 1. The molecule has 0 unspecified atom stereocenters. The van der Waals surface area contributed by atoms with Gasteiger partial charge in [-0.1, -0.05) is 26.2 Å². The maximum Gasteiger partial charge on any atom is 0.289 e. The molecule has 20 heavy (non-hydrogen) atoms. The van der Waals surface area contributed by atoms with E-state index in [2.05, 4.69) is 11.6 Å². The number of rotatable bonds is 8. The predicted octanol–water partition coefficient (Wildman–Crippen LogP) is 2.04. The van der Waals surface area contributed by atoms with Crippen LogP contribution in [-0.2, 0) is 10.0 Å². The lowest BCUT2D eigenvalue weighted by atomic mass is 10.2. The van der Waals surface area contributed by atoms with Gasteiger partial charge < -0.3 is 5.73 Å². The molecular weight excluding hydrogens is 282 g/mol. The predicted molar refractivity (Wildman–Crippen MR) is 76.8 cm³/mol. The second-order valence-electron chi connectivity index (χ2n) is 4.44.